The van der Waals surface area contributed by atoms with Crippen LogP contribution in [0.15, 0.2) is 48.7 Å². The molecule has 2 N–H and O–H groups in total. The summed E-state index contributed by atoms with van der Waals surface area (Å²) in [7, 11) is 3.85. The standard InChI is InChI=1S/C23H25N7O/c1-29-21(9-18(28-29)16-6-4-3-5-7-16)25-20-8-19(17-12-24-30(2)22(17)26-20)27-23-10-15(11-23)13-31-14-23/h3-9,12,15H,10-11,13-14H2,1-2H3,(H2,25,26,27). The molecule has 0 atom stereocenters. The second kappa shape index (κ2) is 6.81. The fraction of sp³-hybridized carbons (Fsp3) is 0.348. The van der Waals surface area contributed by atoms with Crippen molar-refractivity contribution in [2.45, 2.75) is 18.4 Å². The van der Waals surface area contributed by atoms with Crippen LogP contribution in [0, 0.1) is 5.92 Å². The van der Waals surface area contributed by atoms with E-state index >= 15 is 0 Å². The van der Waals surface area contributed by atoms with E-state index in [2.05, 4.69) is 39.0 Å². The summed E-state index contributed by atoms with van der Waals surface area (Å²) in [5.41, 5.74) is 3.90. The quantitative estimate of drug-likeness (QED) is 0.517. The molecule has 8 nitrogen and oxygen atoms in total. The Balaban J connectivity index is 1.35. The molecule has 158 valence electrons. The molecule has 3 aliphatic rings. The van der Waals surface area contributed by atoms with Crippen LogP contribution in [-0.4, -0.2) is 43.3 Å². The average Bonchev–Trinajstić information content (AvgIpc) is 3.32. The van der Waals surface area contributed by atoms with E-state index in [4.69, 9.17) is 9.72 Å². The van der Waals surface area contributed by atoms with Gasteiger partial charge in [0.15, 0.2) is 5.65 Å². The van der Waals surface area contributed by atoms with Crippen LogP contribution in [0.25, 0.3) is 22.3 Å². The summed E-state index contributed by atoms with van der Waals surface area (Å²) < 4.78 is 9.44. The van der Waals surface area contributed by atoms with Crippen LogP contribution in [0.4, 0.5) is 17.3 Å². The molecular weight excluding hydrogens is 390 g/mol. The fourth-order valence-electron chi connectivity index (χ4n) is 4.87. The highest BCUT2D eigenvalue weighted by Gasteiger charge is 2.48. The molecule has 0 unspecified atom stereocenters. The molecule has 1 saturated carbocycles. The summed E-state index contributed by atoms with van der Waals surface area (Å²) >= 11 is 0. The second-order valence-electron chi connectivity index (χ2n) is 8.78. The molecule has 3 aromatic heterocycles. The first-order chi connectivity index (χ1) is 15.1. The van der Waals surface area contributed by atoms with Gasteiger partial charge in [0.1, 0.15) is 11.6 Å². The van der Waals surface area contributed by atoms with E-state index in [1.54, 1.807) is 0 Å². The number of rotatable bonds is 5. The zero-order valence-electron chi connectivity index (χ0n) is 17.7. The van der Waals surface area contributed by atoms with Crippen molar-refractivity contribution in [2.24, 2.45) is 20.0 Å². The van der Waals surface area contributed by atoms with Crippen molar-refractivity contribution < 1.29 is 4.74 Å². The summed E-state index contributed by atoms with van der Waals surface area (Å²) in [6, 6.07) is 14.3. The molecule has 3 fully saturated rings. The normalized spacial score (nSPS) is 22.3. The minimum Gasteiger partial charge on any atom is -0.379 e. The smallest absolute Gasteiger partial charge is 0.161 e. The van der Waals surface area contributed by atoms with E-state index in [0.29, 0.717) is 5.92 Å². The third kappa shape index (κ3) is 3.14. The van der Waals surface area contributed by atoms with Gasteiger partial charge in [-0.3, -0.25) is 9.36 Å². The highest BCUT2D eigenvalue weighted by molar-refractivity contribution is 5.91. The first kappa shape index (κ1) is 18.4. The first-order valence-corrected chi connectivity index (χ1v) is 10.6. The highest BCUT2D eigenvalue weighted by atomic mass is 16.5. The lowest BCUT2D eigenvalue weighted by atomic mass is 9.67. The van der Waals surface area contributed by atoms with Gasteiger partial charge >= 0.3 is 0 Å². The largest absolute Gasteiger partial charge is 0.379 e. The van der Waals surface area contributed by atoms with E-state index in [1.807, 2.05) is 53.9 Å². The van der Waals surface area contributed by atoms with Gasteiger partial charge in [-0.15, -0.1) is 0 Å². The third-order valence-corrected chi connectivity index (χ3v) is 6.40. The Morgan fingerprint density at radius 2 is 1.94 bits per heavy atom. The van der Waals surface area contributed by atoms with Crippen molar-refractivity contribution in [3.05, 3.63) is 48.7 Å². The number of benzene rings is 1. The van der Waals surface area contributed by atoms with E-state index in [-0.39, 0.29) is 5.54 Å². The molecular formula is C23H25N7O. The predicted octanol–water partition coefficient (Wildman–Crippen LogP) is 3.70. The molecule has 0 radical (unpaired) electrons. The maximum Gasteiger partial charge on any atom is 0.161 e. The number of pyridine rings is 1. The van der Waals surface area contributed by atoms with Gasteiger partial charge in [-0.05, 0) is 18.8 Å². The van der Waals surface area contributed by atoms with Gasteiger partial charge in [-0.2, -0.15) is 10.2 Å². The van der Waals surface area contributed by atoms with Crippen molar-refractivity contribution in [3.8, 4) is 11.3 Å². The number of aromatic nitrogens is 5. The highest BCUT2D eigenvalue weighted by Crippen LogP contribution is 2.45. The third-order valence-electron chi connectivity index (χ3n) is 6.40. The number of fused-ring (bicyclic) bond motifs is 3. The molecule has 7 rings (SSSR count). The van der Waals surface area contributed by atoms with Crippen LogP contribution >= 0.6 is 0 Å². The first-order valence-electron chi connectivity index (χ1n) is 10.6. The molecule has 2 aliphatic heterocycles. The SMILES string of the molecule is Cn1nc(-c2ccccc2)cc1Nc1cc(NC23COCC(C2)C3)c2cnn(C)c2n1. The number of ether oxygens (including phenoxy) is 1. The zero-order chi connectivity index (χ0) is 21.0. The number of nitrogens with zero attached hydrogens (tertiary/aromatic N) is 5. The Kier molecular flexibility index (Phi) is 4.04. The summed E-state index contributed by atoms with van der Waals surface area (Å²) in [5.74, 6) is 2.31. The number of nitrogens with one attached hydrogen (secondary N) is 2. The van der Waals surface area contributed by atoms with Crippen LogP contribution in [0.5, 0.6) is 0 Å². The van der Waals surface area contributed by atoms with Gasteiger partial charge in [-0.1, -0.05) is 30.3 Å². The topological polar surface area (TPSA) is 81.8 Å². The maximum absolute atomic E-state index is 5.78. The molecule has 2 bridgehead atoms. The van der Waals surface area contributed by atoms with Crippen LogP contribution in [0.2, 0.25) is 0 Å². The van der Waals surface area contributed by atoms with E-state index in [9.17, 15) is 0 Å². The molecule has 0 spiro atoms. The number of anilines is 3. The molecule has 4 aromatic rings. The molecule has 0 amide bonds. The minimum absolute atomic E-state index is 0.0251. The molecule has 31 heavy (non-hydrogen) atoms. The summed E-state index contributed by atoms with van der Waals surface area (Å²) in [6.45, 7) is 1.64. The lowest BCUT2D eigenvalue weighted by molar-refractivity contribution is -0.0682. The van der Waals surface area contributed by atoms with Crippen LogP contribution in [-0.2, 0) is 18.8 Å². The maximum atomic E-state index is 5.78. The van der Waals surface area contributed by atoms with E-state index < -0.39 is 0 Å². The van der Waals surface area contributed by atoms with Gasteiger partial charge in [-0.25, -0.2) is 4.98 Å². The summed E-state index contributed by atoms with van der Waals surface area (Å²) in [6.07, 6.45) is 4.19. The number of hydrogen-bond donors (Lipinski definition) is 2. The van der Waals surface area contributed by atoms with Crippen LogP contribution in [0.1, 0.15) is 12.8 Å². The average molecular weight is 416 g/mol. The fourth-order valence-corrected chi connectivity index (χ4v) is 4.87. The number of hydrogen-bond acceptors (Lipinski definition) is 6. The Morgan fingerprint density at radius 3 is 2.71 bits per heavy atom. The monoisotopic (exact) mass is 415 g/mol. The number of aryl methyl sites for hydroxylation is 2. The van der Waals surface area contributed by atoms with Crippen molar-refractivity contribution in [2.75, 3.05) is 23.8 Å². The Hall–Kier alpha value is -3.39. The van der Waals surface area contributed by atoms with Crippen LogP contribution < -0.4 is 10.6 Å². The molecule has 5 heterocycles. The van der Waals surface area contributed by atoms with Gasteiger partial charge in [0.25, 0.3) is 0 Å². The van der Waals surface area contributed by atoms with Gasteiger partial charge in [0.2, 0.25) is 0 Å². The Labute approximate surface area is 180 Å². The molecule has 1 aliphatic carbocycles. The Morgan fingerprint density at radius 1 is 1.10 bits per heavy atom. The van der Waals surface area contributed by atoms with Crippen molar-refractivity contribution in [3.63, 3.8) is 0 Å². The molecule has 8 heteroatoms. The zero-order valence-corrected chi connectivity index (χ0v) is 17.7. The lowest BCUT2D eigenvalue weighted by Crippen LogP contribution is -2.59. The van der Waals surface area contributed by atoms with Crippen molar-refractivity contribution in [1.29, 1.82) is 0 Å². The molecule has 2 saturated heterocycles. The van der Waals surface area contributed by atoms with E-state index in [1.165, 1.54) is 0 Å². The second-order valence-corrected chi connectivity index (χ2v) is 8.78. The van der Waals surface area contributed by atoms with Crippen molar-refractivity contribution >= 4 is 28.4 Å². The van der Waals surface area contributed by atoms with Gasteiger partial charge in [0.05, 0.1) is 35.1 Å². The Bertz CT molecular complexity index is 1250. The minimum atomic E-state index is 0.0251. The van der Waals surface area contributed by atoms with Gasteiger partial charge < -0.3 is 15.4 Å². The van der Waals surface area contributed by atoms with Gasteiger partial charge in [0, 0.05) is 38.4 Å². The molecule has 1 aromatic carbocycles. The van der Waals surface area contributed by atoms with E-state index in [0.717, 1.165) is 65.7 Å². The van der Waals surface area contributed by atoms with Crippen molar-refractivity contribution in [1.82, 2.24) is 24.5 Å². The predicted molar refractivity (Wildman–Crippen MR) is 120 cm³/mol. The lowest BCUT2D eigenvalue weighted by Gasteiger charge is -2.52. The van der Waals surface area contributed by atoms with Crippen LogP contribution in [0.3, 0.4) is 0 Å². The summed E-state index contributed by atoms with van der Waals surface area (Å²) in [5, 5.41) is 17.3. The summed E-state index contributed by atoms with van der Waals surface area (Å²) in [4.78, 5) is 4.82.